The van der Waals surface area contributed by atoms with Gasteiger partial charge in [-0.2, -0.15) is 0 Å². The van der Waals surface area contributed by atoms with Crippen LogP contribution in [0.4, 0.5) is 0 Å². The number of allylic oxidation sites excluding steroid dienone is 3. The molecule has 0 radical (unpaired) electrons. The second kappa shape index (κ2) is 13.7. The molecule has 0 N–H and O–H groups in total. The van der Waals surface area contributed by atoms with Crippen LogP contribution in [0.1, 0.15) is 6.92 Å². The average molecular weight is 255 g/mol. The molecular formula is C14H25NO3. The molecule has 104 valence electrons. The fourth-order valence-corrected chi connectivity index (χ4v) is 0.909. The number of ether oxygens (including phenoxy) is 2. The summed E-state index contributed by atoms with van der Waals surface area (Å²) >= 11 is 0. The summed E-state index contributed by atoms with van der Waals surface area (Å²) in [5.41, 5.74) is 1.17. The Hall–Kier alpha value is -1.39. The minimum absolute atomic E-state index is 0.199. The van der Waals surface area contributed by atoms with Crippen molar-refractivity contribution in [3.05, 3.63) is 36.5 Å². The van der Waals surface area contributed by atoms with Crippen LogP contribution in [0.3, 0.4) is 0 Å². The molecule has 0 aromatic rings. The van der Waals surface area contributed by atoms with Crippen molar-refractivity contribution in [2.45, 2.75) is 6.92 Å². The number of esters is 1. The van der Waals surface area contributed by atoms with Crippen molar-refractivity contribution >= 4 is 5.97 Å². The molecule has 4 heteroatoms. The van der Waals surface area contributed by atoms with Gasteiger partial charge in [0.25, 0.3) is 0 Å². The predicted octanol–water partition coefficient (Wildman–Crippen LogP) is 2.04. The zero-order valence-electron chi connectivity index (χ0n) is 12.1. The van der Waals surface area contributed by atoms with Gasteiger partial charge in [-0.3, -0.25) is 9.69 Å². The molecule has 0 aliphatic carbocycles. The average Bonchev–Trinajstić information content (AvgIpc) is 2.34. The first-order valence-corrected chi connectivity index (χ1v) is 5.66. The zero-order chi connectivity index (χ0) is 14.4. The van der Waals surface area contributed by atoms with Crippen molar-refractivity contribution in [2.24, 2.45) is 0 Å². The van der Waals surface area contributed by atoms with E-state index in [0.717, 1.165) is 0 Å². The Morgan fingerprint density at radius 1 is 1.33 bits per heavy atom. The molecule has 0 aliphatic heterocycles. The Morgan fingerprint density at radius 3 is 2.22 bits per heavy atom. The summed E-state index contributed by atoms with van der Waals surface area (Å²) < 4.78 is 9.32. The van der Waals surface area contributed by atoms with Crippen molar-refractivity contribution in [3.8, 4) is 0 Å². The second-order valence-corrected chi connectivity index (χ2v) is 3.71. The second-order valence-electron chi connectivity index (χ2n) is 3.71. The third kappa shape index (κ3) is 14.6. The molecule has 0 saturated carbocycles. The third-order valence-electron chi connectivity index (χ3n) is 1.80. The number of carbonyl (C=O) groups excluding carboxylic acids is 1. The maximum atomic E-state index is 10.4. The highest BCUT2D eigenvalue weighted by atomic mass is 16.5. The van der Waals surface area contributed by atoms with Crippen molar-refractivity contribution in [1.29, 1.82) is 0 Å². The third-order valence-corrected chi connectivity index (χ3v) is 1.80. The topological polar surface area (TPSA) is 38.8 Å². The number of carbonyl (C=O) groups is 1. The minimum atomic E-state index is -0.199. The molecule has 0 rings (SSSR count). The monoisotopic (exact) mass is 255 g/mol. The first-order valence-electron chi connectivity index (χ1n) is 5.66. The largest absolute Gasteiger partial charge is 0.468 e. The fourth-order valence-electron chi connectivity index (χ4n) is 0.909. The first kappa shape index (κ1) is 19.0. The molecule has 0 unspecified atom stereocenters. The minimum Gasteiger partial charge on any atom is -0.468 e. The Labute approximate surface area is 111 Å². The van der Waals surface area contributed by atoms with Gasteiger partial charge < -0.3 is 9.47 Å². The fraction of sp³-hybridized carbons (Fsp3) is 0.500. The van der Waals surface area contributed by atoms with E-state index in [4.69, 9.17) is 4.74 Å². The van der Waals surface area contributed by atoms with Gasteiger partial charge in [0.05, 0.1) is 20.3 Å². The van der Waals surface area contributed by atoms with Crippen LogP contribution >= 0.6 is 0 Å². The van der Waals surface area contributed by atoms with E-state index in [2.05, 4.69) is 11.3 Å². The number of rotatable bonds is 6. The highest BCUT2D eigenvalue weighted by Gasteiger charge is 1.98. The Kier molecular flexibility index (Phi) is 14.4. The molecule has 0 aromatic carbocycles. The lowest BCUT2D eigenvalue weighted by atomic mass is 10.2. The smallest absolute Gasteiger partial charge is 0.319 e. The molecule has 4 nitrogen and oxygen atoms in total. The van der Waals surface area contributed by atoms with E-state index in [1.807, 2.05) is 39.2 Å². The van der Waals surface area contributed by atoms with Gasteiger partial charge in [0.1, 0.15) is 0 Å². The van der Waals surface area contributed by atoms with E-state index in [1.165, 1.54) is 12.7 Å². The standard InChI is InChI=1S/C9H14O.C5H11NO2/c1-4-6-7-9(5-2)8-10-3;1-6(2)4-5(7)8-3/h4-7H,1,8H2,2-3H3;4H2,1-3H3/b7-6-,9-5+;. The molecule has 0 bridgehead atoms. The van der Waals surface area contributed by atoms with Gasteiger partial charge in [-0.15, -0.1) is 0 Å². The Bertz CT molecular complexity index is 281. The van der Waals surface area contributed by atoms with E-state index in [0.29, 0.717) is 13.2 Å². The molecule has 0 aromatic heterocycles. The highest BCUT2D eigenvalue weighted by molar-refractivity contribution is 5.71. The molecule has 0 spiro atoms. The lowest BCUT2D eigenvalue weighted by Gasteiger charge is -2.05. The number of nitrogens with zero attached hydrogens (tertiary/aromatic N) is 1. The number of hydrogen-bond acceptors (Lipinski definition) is 4. The lowest BCUT2D eigenvalue weighted by molar-refractivity contribution is -0.141. The Balaban J connectivity index is 0. The molecule has 0 fully saturated rings. The van der Waals surface area contributed by atoms with Gasteiger partial charge in [0.2, 0.25) is 0 Å². The first-order chi connectivity index (χ1) is 8.51. The summed E-state index contributed by atoms with van der Waals surface area (Å²) in [6.45, 7) is 6.59. The Morgan fingerprint density at radius 2 is 1.94 bits per heavy atom. The molecule has 0 aliphatic rings. The van der Waals surface area contributed by atoms with Crippen molar-refractivity contribution in [2.75, 3.05) is 41.5 Å². The van der Waals surface area contributed by atoms with Gasteiger partial charge in [0.15, 0.2) is 0 Å². The summed E-state index contributed by atoms with van der Waals surface area (Å²) in [4.78, 5) is 12.1. The van der Waals surface area contributed by atoms with Crippen LogP contribution in [0, 0.1) is 0 Å². The van der Waals surface area contributed by atoms with Gasteiger partial charge in [-0.05, 0) is 26.6 Å². The van der Waals surface area contributed by atoms with E-state index in [9.17, 15) is 4.79 Å². The van der Waals surface area contributed by atoms with E-state index in [1.54, 1.807) is 18.1 Å². The van der Waals surface area contributed by atoms with Crippen LogP contribution < -0.4 is 0 Å². The van der Waals surface area contributed by atoms with Gasteiger partial charge in [0, 0.05) is 7.11 Å². The van der Waals surface area contributed by atoms with E-state index < -0.39 is 0 Å². The highest BCUT2D eigenvalue weighted by Crippen LogP contribution is 1.96. The van der Waals surface area contributed by atoms with Crippen LogP contribution in [-0.4, -0.2) is 52.3 Å². The van der Waals surface area contributed by atoms with Crippen LogP contribution in [-0.2, 0) is 14.3 Å². The van der Waals surface area contributed by atoms with Gasteiger partial charge >= 0.3 is 5.97 Å². The number of hydrogen-bond donors (Lipinski definition) is 0. The molecule has 0 saturated heterocycles. The van der Waals surface area contributed by atoms with Crippen LogP contribution in [0.2, 0.25) is 0 Å². The summed E-state index contributed by atoms with van der Waals surface area (Å²) in [6.07, 6.45) is 7.65. The number of methoxy groups -OCH3 is 2. The van der Waals surface area contributed by atoms with Crippen molar-refractivity contribution in [1.82, 2.24) is 4.90 Å². The summed E-state index contributed by atoms with van der Waals surface area (Å²) in [5.74, 6) is -0.199. The quantitative estimate of drug-likeness (QED) is 0.538. The van der Waals surface area contributed by atoms with Gasteiger partial charge in [-0.1, -0.05) is 30.9 Å². The van der Waals surface area contributed by atoms with E-state index >= 15 is 0 Å². The molecule has 0 atom stereocenters. The molecule has 0 heterocycles. The SMILES string of the molecule is C=C/C=C\C(=C/C)COC.COC(=O)CN(C)C. The normalized spacial score (nSPS) is 11.1. The van der Waals surface area contributed by atoms with Crippen LogP contribution in [0.15, 0.2) is 36.5 Å². The zero-order valence-corrected chi connectivity index (χ0v) is 12.1. The van der Waals surface area contributed by atoms with Crippen LogP contribution in [0.5, 0.6) is 0 Å². The van der Waals surface area contributed by atoms with Crippen LogP contribution in [0.25, 0.3) is 0 Å². The van der Waals surface area contributed by atoms with Crippen molar-refractivity contribution in [3.63, 3.8) is 0 Å². The maximum absolute atomic E-state index is 10.4. The number of likely N-dealkylation sites (N-methyl/N-ethyl adjacent to an activating group) is 1. The maximum Gasteiger partial charge on any atom is 0.319 e. The summed E-state index contributed by atoms with van der Waals surface area (Å²) in [5, 5.41) is 0. The predicted molar refractivity (Wildman–Crippen MR) is 75.5 cm³/mol. The van der Waals surface area contributed by atoms with Gasteiger partial charge in [-0.25, -0.2) is 0 Å². The molecular weight excluding hydrogens is 230 g/mol. The summed E-state index contributed by atoms with van der Waals surface area (Å²) in [7, 11) is 6.70. The van der Waals surface area contributed by atoms with Crippen molar-refractivity contribution < 1.29 is 14.3 Å². The molecule has 0 amide bonds. The summed E-state index contributed by atoms with van der Waals surface area (Å²) in [6, 6.07) is 0. The van der Waals surface area contributed by atoms with E-state index in [-0.39, 0.29) is 5.97 Å². The lowest BCUT2D eigenvalue weighted by Crippen LogP contribution is -2.22. The molecule has 18 heavy (non-hydrogen) atoms.